The molecule has 1 fully saturated rings. The van der Waals surface area contributed by atoms with E-state index in [0.717, 1.165) is 24.0 Å². The standard InChI is InChI=1S/C14H20O3S/c1-11(18(15,16)17)13-9-5-6-10-14(13)12-7-3-2-4-8-12/h5-6,9-12H,2-4,7-8H2,1H3,(H,15,16,17). The number of hydrogen-bond donors (Lipinski definition) is 1. The van der Waals surface area contributed by atoms with Gasteiger partial charge in [-0.15, -0.1) is 0 Å². The molecule has 1 aromatic carbocycles. The molecule has 0 heterocycles. The largest absolute Gasteiger partial charge is 0.285 e. The molecule has 0 spiro atoms. The predicted molar refractivity (Wildman–Crippen MR) is 72.2 cm³/mol. The maximum atomic E-state index is 11.3. The van der Waals surface area contributed by atoms with Crippen LogP contribution < -0.4 is 0 Å². The van der Waals surface area contributed by atoms with Crippen molar-refractivity contribution >= 4 is 10.1 Å². The fraction of sp³-hybridized carbons (Fsp3) is 0.571. The van der Waals surface area contributed by atoms with Gasteiger partial charge in [0, 0.05) is 0 Å². The third-order valence-corrected chi connectivity index (χ3v) is 5.07. The van der Waals surface area contributed by atoms with Gasteiger partial charge < -0.3 is 0 Å². The minimum absolute atomic E-state index is 0.444. The van der Waals surface area contributed by atoms with Crippen molar-refractivity contribution < 1.29 is 13.0 Å². The van der Waals surface area contributed by atoms with Gasteiger partial charge in [-0.25, -0.2) is 0 Å². The molecular weight excluding hydrogens is 248 g/mol. The third kappa shape index (κ3) is 2.93. The van der Waals surface area contributed by atoms with Gasteiger partial charge in [0.15, 0.2) is 0 Å². The van der Waals surface area contributed by atoms with Gasteiger partial charge in [0.05, 0.1) is 0 Å². The molecule has 0 radical (unpaired) electrons. The normalized spacial score (nSPS) is 19.7. The molecule has 1 aromatic rings. The van der Waals surface area contributed by atoms with Crippen molar-refractivity contribution in [1.82, 2.24) is 0 Å². The minimum Gasteiger partial charge on any atom is -0.285 e. The van der Waals surface area contributed by atoms with Crippen molar-refractivity contribution in [2.75, 3.05) is 0 Å². The molecule has 2 rings (SSSR count). The molecule has 0 saturated heterocycles. The summed E-state index contributed by atoms with van der Waals surface area (Å²) in [6, 6.07) is 7.61. The van der Waals surface area contributed by atoms with Crippen molar-refractivity contribution in [1.29, 1.82) is 0 Å². The SMILES string of the molecule is CC(c1ccccc1C1CCCCC1)S(=O)(=O)O. The highest BCUT2D eigenvalue weighted by atomic mass is 32.2. The summed E-state index contributed by atoms with van der Waals surface area (Å²) in [6.45, 7) is 1.55. The van der Waals surface area contributed by atoms with E-state index in [-0.39, 0.29) is 0 Å². The number of benzene rings is 1. The quantitative estimate of drug-likeness (QED) is 0.851. The molecule has 1 aliphatic rings. The van der Waals surface area contributed by atoms with E-state index in [0.29, 0.717) is 5.92 Å². The summed E-state index contributed by atoms with van der Waals surface area (Å²) in [6.07, 6.45) is 5.93. The zero-order valence-corrected chi connectivity index (χ0v) is 11.5. The van der Waals surface area contributed by atoms with Crippen molar-refractivity contribution in [2.45, 2.75) is 50.2 Å². The van der Waals surface area contributed by atoms with Gasteiger partial charge in [-0.1, -0.05) is 43.5 Å². The van der Waals surface area contributed by atoms with E-state index >= 15 is 0 Å². The third-order valence-electron chi connectivity index (χ3n) is 3.93. The lowest BCUT2D eigenvalue weighted by atomic mass is 9.81. The second kappa shape index (κ2) is 5.41. The lowest BCUT2D eigenvalue weighted by molar-refractivity contribution is 0.439. The highest BCUT2D eigenvalue weighted by Gasteiger charge is 2.25. The van der Waals surface area contributed by atoms with Crippen LogP contribution in [0.25, 0.3) is 0 Å². The first-order chi connectivity index (χ1) is 8.50. The first-order valence-electron chi connectivity index (χ1n) is 6.55. The van der Waals surface area contributed by atoms with E-state index < -0.39 is 15.4 Å². The van der Waals surface area contributed by atoms with Gasteiger partial charge in [-0.3, -0.25) is 4.55 Å². The summed E-state index contributed by atoms with van der Waals surface area (Å²) >= 11 is 0. The second-order valence-corrected chi connectivity index (χ2v) is 6.86. The Hall–Kier alpha value is -0.870. The lowest BCUT2D eigenvalue weighted by Gasteiger charge is -2.25. The van der Waals surface area contributed by atoms with Crippen molar-refractivity contribution in [3.63, 3.8) is 0 Å². The Morgan fingerprint density at radius 3 is 2.39 bits per heavy atom. The van der Waals surface area contributed by atoms with E-state index in [9.17, 15) is 13.0 Å². The van der Waals surface area contributed by atoms with Crippen LogP contribution in [0.2, 0.25) is 0 Å². The smallest absolute Gasteiger partial charge is 0.271 e. The van der Waals surface area contributed by atoms with Gasteiger partial charge in [-0.2, -0.15) is 8.42 Å². The summed E-state index contributed by atoms with van der Waals surface area (Å²) in [4.78, 5) is 0. The summed E-state index contributed by atoms with van der Waals surface area (Å²) in [5.74, 6) is 0.444. The van der Waals surface area contributed by atoms with Crippen LogP contribution in [-0.2, 0) is 10.1 Å². The molecular formula is C14H20O3S. The lowest BCUT2D eigenvalue weighted by Crippen LogP contribution is -2.14. The minimum atomic E-state index is -4.02. The first-order valence-corrected chi connectivity index (χ1v) is 8.05. The Morgan fingerprint density at radius 1 is 1.17 bits per heavy atom. The molecule has 0 aliphatic heterocycles. The number of hydrogen-bond acceptors (Lipinski definition) is 2. The zero-order chi connectivity index (χ0) is 13.2. The molecule has 1 N–H and O–H groups in total. The molecule has 1 unspecified atom stereocenters. The first kappa shape index (κ1) is 13.6. The molecule has 18 heavy (non-hydrogen) atoms. The van der Waals surface area contributed by atoms with Crippen LogP contribution >= 0.6 is 0 Å². The molecule has 0 bridgehead atoms. The van der Waals surface area contributed by atoms with Crippen molar-refractivity contribution in [3.05, 3.63) is 35.4 Å². The average Bonchev–Trinajstić information content (AvgIpc) is 2.38. The Bertz CT molecular complexity index is 502. The monoisotopic (exact) mass is 268 g/mol. The van der Waals surface area contributed by atoms with Crippen LogP contribution in [-0.4, -0.2) is 13.0 Å². The van der Waals surface area contributed by atoms with Crippen LogP contribution in [0.5, 0.6) is 0 Å². The fourth-order valence-electron chi connectivity index (χ4n) is 2.83. The predicted octanol–water partition coefficient (Wildman–Crippen LogP) is 3.68. The number of rotatable bonds is 3. The topological polar surface area (TPSA) is 54.4 Å². The Kier molecular flexibility index (Phi) is 4.07. The summed E-state index contributed by atoms with van der Waals surface area (Å²) in [5.41, 5.74) is 1.86. The molecule has 3 nitrogen and oxygen atoms in total. The molecule has 100 valence electrons. The molecule has 1 atom stereocenters. The highest BCUT2D eigenvalue weighted by Crippen LogP contribution is 2.37. The molecule has 1 saturated carbocycles. The van der Waals surface area contributed by atoms with Crippen LogP contribution in [0.3, 0.4) is 0 Å². The van der Waals surface area contributed by atoms with Crippen molar-refractivity contribution in [2.24, 2.45) is 0 Å². The van der Waals surface area contributed by atoms with Crippen LogP contribution in [0.1, 0.15) is 61.3 Å². The van der Waals surface area contributed by atoms with E-state index in [1.807, 2.05) is 24.3 Å². The zero-order valence-electron chi connectivity index (χ0n) is 10.7. The highest BCUT2D eigenvalue weighted by molar-refractivity contribution is 7.86. The van der Waals surface area contributed by atoms with Crippen molar-refractivity contribution in [3.8, 4) is 0 Å². The van der Waals surface area contributed by atoms with Crippen LogP contribution in [0.15, 0.2) is 24.3 Å². The average molecular weight is 268 g/mol. The van der Waals surface area contributed by atoms with Crippen LogP contribution in [0, 0.1) is 0 Å². The van der Waals surface area contributed by atoms with Crippen LogP contribution in [0.4, 0.5) is 0 Å². The van der Waals surface area contributed by atoms with Gasteiger partial charge in [0.2, 0.25) is 0 Å². The Balaban J connectivity index is 2.36. The van der Waals surface area contributed by atoms with E-state index in [1.54, 1.807) is 6.92 Å². The molecule has 0 aromatic heterocycles. The Morgan fingerprint density at radius 2 is 1.78 bits per heavy atom. The van der Waals surface area contributed by atoms with E-state index in [1.165, 1.54) is 19.3 Å². The Labute approximate surface area is 109 Å². The summed E-state index contributed by atoms with van der Waals surface area (Å²) in [7, 11) is -4.02. The van der Waals surface area contributed by atoms with Gasteiger partial charge in [0.25, 0.3) is 10.1 Å². The maximum absolute atomic E-state index is 11.3. The summed E-state index contributed by atoms with van der Waals surface area (Å²) < 4.78 is 31.9. The van der Waals surface area contributed by atoms with Gasteiger partial charge in [0.1, 0.15) is 5.25 Å². The maximum Gasteiger partial charge on any atom is 0.271 e. The van der Waals surface area contributed by atoms with Gasteiger partial charge >= 0.3 is 0 Å². The second-order valence-electron chi connectivity index (χ2n) is 5.12. The van der Waals surface area contributed by atoms with Gasteiger partial charge in [-0.05, 0) is 36.8 Å². The van der Waals surface area contributed by atoms with E-state index in [4.69, 9.17) is 0 Å². The summed E-state index contributed by atoms with van der Waals surface area (Å²) in [5, 5.41) is -0.837. The van der Waals surface area contributed by atoms with E-state index in [2.05, 4.69) is 0 Å². The molecule has 1 aliphatic carbocycles. The molecule has 0 amide bonds. The fourth-order valence-corrected chi connectivity index (χ4v) is 3.36. The molecule has 4 heteroatoms.